The molecule has 0 spiro atoms. The van der Waals surface area contributed by atoms with Crippen LogP contribution < -0.4 is 10.6 Å². The van der Waals surface area contributed by atoms with E-state index in [1.807, 2.05) is 12.1 Å². The summed E-state index contributed by atoms with van der Waals surface area (Å²) in [7, 11) is 0. The number of aromatic nitrogens is 2. The van der Waals surface area contributed by atoms with Gasteiger partial charge < -0.3 is 10.6 Å². The van der Waals surface area contributed by atoms with Crippen LogP contribution in [0.15, 0.2) is 61.2 Å². The SMILES string of the molecule is O=C(NCc1ccncc1)c1cncc(Nc2ccc(Cl)cc2Cl)c1. The van der Waals surface area contributed by atoms with E-state index in [1.165, 1.54) is 6.20 Å². The number of carbonyl (C=O) groups excluding carboxylic acids is 1. The first-order valence-electron chi connectivity index (χ1n) is 7.46. The maximum absolute atomic E-state index is 12.3. The molecule has 0 atom stereocenters. The van der Waals surface area contributed by atoms with Crippen molar-refractivity contribution in [3.63, 3.8) is 0 Å². The summed E-state index contributed by atoms with van der Waals surface area (Å²) in [5, 5.41) is 7.01. The third-order valence-corrected chi connectivity index (χ3v) is 3.96. The Balaban J connectivity index is 1.69. The van der Waals surface area contributed by atoms with E-state index < -0.39 is 0 Å². The van der Waals surface area contributed by atoms with Crippen molar-refractivity contribution < 1.29 is 4.79 Å². The molecule has 0 bridgehead atoms. The second kappa shape index (κ2) is 7.96. The van der Waals surface area contributed by atoms with Gasteiger partial charge in [-0.05, 0) is 42.0 Å². The summed E-state index contributed by atoms with van der Waals surface area (Å²) in [6, 6.07) is 10.5. The number of nitrogens with zero attached hydrogens (tertiary/aromatic N) is 2. The molecule has 0 unspecified atom stereocenters. The maximum atomic E-state index is 12.3. The van der Waals surface area contributed by atoms with E-state index in [1.54, 1.807) is 42.9 Å². The van der Waals surface area contributed by atoms with Crippen molar-refractivity contribution in [3.05, 3.63) is 82.4 Å². The zero-order chi connectivity index (χ0) is 17.6. The van der Waals surface area contributed by atoms with Crippen molar-refractivity contribution in [2.45, 2.75) is 6.54 Å². The summed E-state index contributed by atoms with van der Waals surface area (Å²) in [5.41, 5.74) is 2.76. The van der Waals surface area contributed by atoms with Crippen LogP contribution in [0.3, 0.4) is 0 Å². The highest BCUT2D eigenvalue weighted by atomic mass is 35.5. The zero-order valence-corrected chi connectivity index (χ0v) is 14.6. The molecule has 0 fully saturated rings. The first-order valence-corrected chi connectivity index (χ1v) is 8.21. The number of hydrogen-bond acceptors (Lipinski definition) is 4. The summed E-state index contributed by atoms with van der Waals surface area (Å²) in [6.07, 6.45) is 6.49. The lowest BCUT2D eigenvalue weighted by molar-refractivity contribution is 0.0950. The third kappa shape index (κ3) is 4.68. The van der Waals surface area contributed by atoms with Gasteiger partial charge in [0.05, 0.1) is 28.2 Å². The lowest BCUT2D eigenvalue weighted by atomic mass is 10.2. The predicted octanol–water partition coefficient (Wildman–Crippen LogP) is 4.46. The topological polar surface area (TPSA) is 66.9 Å². The van der Waals surface area contributed by atoms with Crippen molar-refractivity contribution in [2.75, 3.05) is 5.32 Å². The van der Waals surface area contributed by atoms with Crippen molar-refractivity contribution in [3.8, 4) is 0 Å². The molecule has 0 aliphatic rings. The highest BCUT2D eigenvalue weighted by molar-refractivity contribution is 6.36. The van der Waals surface area contributed by atoms with E-state index in [0.29, 0.717) is 33.5 Å². The molecule has 0 radical (unpaired) electrons. The molecule has 126 valence electrons. The first-order chi connectivity index (χ1) is 12.1. The Morgan fingerprint density at radius 1 is 1.00 bits per heavy atom. The zero-order valence-electron chi connectivity index (χ0n) is 13.0. The number of halogens is 2. The average molecular weight is 373 g/mol. The summed E-state index contributed by atoms with van der Waals surface area (Å²) in [6.45, 7) is 0.419. The minimum Gasteiger partial charge on any atom is -0.353 e. The van der Waals surface area contributed by atoms with E-state index in [9.17, 15) is 4.79 Å². The van der Waals surface area contributed by atoms with Crippen LogP contribution in [0.2, 0.25) is 10.0 Å². The largest absolute Gasteiger partial charge is 0.353 e. The van der Waals surface area contributed by atoms with Gasteiger partial charge in [0.15, 0.2) is 0 Å². The van der Waals surface area contributed by atoms with Gasteiger partial charge >= 0.3 is 0 Å². The van der Waals surface area contributed by atoms with Crippen LogP contribution in [0.1, 0.15) is 15.9 Å². The van der Waals surface area contributed by atoms with Gasteiger partial charge in [-0.25, -0.2) is 0 Å². The molecule has 0 aliphatic heterocycles. The molecule has 2 heterocycles. The molecule has 5 nitrogen and oxygen atoms in total. The molecule has 7 heteroatoms. The fourth-order valence-electron chi connectivity index (χ4n) is 2.16. The van der Waals surface area contributed by atoms with Gasteiger partial charge in [0.1, 0.15) is 0 Å². The van der Waals surface area contributed by atoms with Gasteiger partial charge in [0.2, 0.25) is 0 Å². The lowest BCUT2D eigenvalue weighted by Gasteiger charge is -2.10. The Kier molecular flexibility index (Phi) is 5.48. The van der Waals surface area contributed by atoms with E-state index in [4.69, 9.17) is 23.2 Å². The van der Waals surface area contributed by atoms with Crippen molar-refractivity contribution >= 4 is 40.5 Å². The van der Waals surface area contributed by atoms with Crippen LogP contribution in [0.5, 0.6) is 0 Å². The number of nitrogens with one attached hydrogen (secondary N) is 2. The monoisotopic (exact) mass is 372 g/mol. The predicted molar refractivity (Wildman–Crippen MR) is 99.4 cm³/mol. The van der Waals surface area contributed by atoms with Crippen molar-refractivity contribution in [2.24, 2.45) is 0 Å². The minimum atomic E-state index is -0.213. The fraction of sp³-hybridized carbons (Fsp3) is 0.0556. The van der Waals surface area contributed by atoms with Gasteiger partial charge in [-0.3, -0.25) is 14.8 Å². The molecular weight excluding hydrogens is 359 g/mol. The summed E-state index contributed by atoms with van der Waals surface area (Å²) in [4.78, 5) is 20.3. The quantitative estimate of drug-likeness (QED) is 0.693. The van der Waals surface area contributed by atoms with Gasteiger partial charge in [-0.1, -0.05) is 23.2 Å². The molecule has 1 aromatic carbocycles. The van der Waals surface area contributed by atoms with Crippen LogP contribution in [0.4, 0.5) is 11.4 Å². The molecule has 25 heavy (non-hydrogen) atoms. The Morgan fingerprint density at radius 3 is 2.56 bits per heavy atom. The Morgan fingerprint density at radius 2 is 1.80 bits per heavy atom. The van der Waals surface area contributed by atoms with Crippen LogP contribution in [-0.4, -0.2) is 15.9 Å². The molecular formula is C18H14Cl2N4O. The number of hydrogen-bond donors (Lipinski definition) is 2. The van der Waals surface area contributed by atoms with Crippen molar-refractivity contribution in [1.29, 1.82) is 0 Å². The third-order valence-electron chi connectivity index (χ3n) is 3.41. The number of rotatable bonds is 5. The highest BCUT2D eigenvalue weighted by Gasteiger charge is 2.08. The van der Waals surface area contributed by atoms with E-state index in [0.717, 1.165) is 5.56 Å². The summed E-state index contributed by atoms with van der Waals surface area (Å²) in [5.74, 6) is -0.213. The average Bonchev–Trinajstić information content (AvgIpc) is 2.63. The molecule has 0 aliphatic carbocycles. The Bertz CT molecular complexity index is 887. The molecule has 3 aromatic rings. The Hall–Kier alpha value is -2.63. The molecule has 1 amide bonds. The second-order valence-electron chi connectivity index (χ2n) is 5.25. The highest BCUT2D eigenvalue weighted by Crippen LogP contribution is 2.28. The number of pyridine rings is 2. The van der Waals surface area contributed by atoms with Gasteiger partial charge in [-0.15, -0.1) is 0 Å². The molecule has 0 saturated heterocycles. The van der Waals surface area contributed by atoms with Crippen molar-refractivity contribution in [1.82, 2.24) is 15.3 Å². The van der Waals surface area contributed by atoms with E-state index in [-0.39, 0.29) is 5.91 Å². The summed E-state index contributed by atoms with van der Waals surface area (Å²) < 4.78 is 0. The smallest absolute Gasteiger partial charge is 0.253 e. The Labute approximate surface area is 155 Å². The van der Waals surface area contributed by atoms with Crippen LogP contribution >= 0.6 is 23.2 Å². The normalized spacial score (nSPS) is 10.3. The molecule has 2 aromatic heterocycles. The van der Waals surface area contributed by atoms with Gasteiger partial charge in [0.25, 0.3) is 5.91 Å². The van der Waals surface area contributed by atoms with Gasteiger partial charge in [-0.2, -0.15) is 0 Å². The molecule has 0 saturated carbocycles. The minimum absolute atomic E-state index is 0.213. The molecule has 3 rings (SSSR count). The second-order valence-corrected chi connectivity index (χ2v) is 6.09. The number of anilines is 2. The fourth-order valence-corrected chi connectivity index (χ4v) is 2.62. The maximum Gasteiger partial charge on any atom is 0.253 e. The van der Waals surface area contributed by atoms with Crippen LogP contribution in [0, 0.1) is 0 Å². The standard InChI is InChI=1S/C18H14Cl2N4O/c19-14-1-2-17(16(20)8-14)24-15-7-13(10-22-11-15)18(25)23-9-12-3-5-21-6-4-12/h1-8,10-11,24H,9H2,(H,23,25). The summed E-state index contributed by atoms with van der Waals surface area (Å²) >= 11 is 12.0. The number of benzene rings is 1. The number of carbonyl (C=O) groups is 1. The first kappa shape index (κ1) is 17.2. The van der Waals surface area contributed by atoms with E-state index in [2.05, 4.69) is 20.6 Å². The van der Waals surface area contributed by atoms with Gasteiger partial charge in [0, 0.05) is 30.2 Å². The van der Waals surface area contributed by atoms with Crippen LogP contribution in [-0.2, 0) is 6.54 Å². The number of amides is 1. The molecule has 2 N–H and O–H groups in total. The van der Waals surface area contributed by atoms with E-state index >= 15 is 0 Å². The lowest BCUT2D eigenvalue weighted by Crippen LogP contribution is -2.23. The van der Waals surface area contributed by atoms with Crippen LogP contribution in [0.25, 0.3) is 0 Å².